The van der Waals surface area contributed by atoms with Gasteiger partial charge < -0.3 is 0 Å². The minimum atomic E-state index is -0.672. The maximum Gasteiger partial charge on any atom is 0.126 e. The summed E-state index contributed by atoms with van der Waals surface area (Å²) in [7, 11) is 0. The Balaban J connectivity index is 2.98. The molecule has 0 saturated carbocycles. The Kier molecular flexibility index (Phi) is 2.85. The first kappa shape index (κ1) is 10.6. The van der Waals surface area contributed by atoms with Crippen molar-refractivity contribution in [3.05, 3.63) is 35.4 Å². The van der Waals surface area contributed by atoms with Crippen LogP contribution in [0.2, 0.25) is 0 Å². The fourth-order valence-corrected chi connectivity index (χ4v) is 1.19. The molecule has 0 atom stereocenters. The highest BCUT2D eigenvalue weighted by atomic mass is 19.1. The van der Waals surface area contributed by atoms with Gasteiger partial charge in [0.1, 0.15) is 11.6 Å². The molecule has 1 nitrogen and oxygen atoms in total. The molecular weight excluding hydrogens is 184 g/mol. The summed E-state index contributed by atoms with van der Waals surface area (Å²) in [5.41, 5.74) is -0.425. The normalized spacial score (nSPS) is 11.1. The minimum absolute atomic E-state index is 0.215. The number of rotatable bonds is 2. The van der Waals surface area contributed by atoms with Crippen LogP contribution in [-0.2, 0) is 6.42 Å². The highest BCUT2D eigenvalue weighted by Gasteiger charge is 2.19. The highest BCUT2D eigenvalue weighted by Crippen LogP contribution is 2.22. The highest BCUT2D eigenvalue weighted by molar-refractivity contribution is 5.21. The van der Waals surface area contributed by atoms with Crippen LogP contribution in [-0.4, -0.2) is 0 Å². The van der Waals surface area contributed by atoms with Crippen molar-refractivity contribution in [1.29, 1.82) is 5.26 Å². The molecule has 0 unspecified atom stereocenters. The maximum absolute atomic E-state index is 13.2. The van der Waals surface area contributed by atoms with E-state index in [-0.39, 0.29) is 12.0 Å². The average Bonchev–Trinajstić information content (AvgIpc) is 2.11. The van der Waals surface area contributed by atoms with Gasteiger partial charge in [-0.25, -0.2) is 8.78 Å². The third-order valence-electron chi connectivity index (χ3n) is 1.94. The summed E-state index contributed by atoms with van der Waals surface area (Å²) in [6, 6.07) is 5.33. The number of halogens is 2. The van der Waals surface area contributed by atoms with E-state index in [1.54, 1.807) is 13.8 Å². The van der Waals surface area contributed by atoms with Crippen molar-refractivity contribution >= 4 is 0 Å². The molecule has 0 radical (unpaired) electrons. The van der Waals surface area contributed by atoms with Gasteiger partial charge in [-0.1, -0.05) is 0 Å². The molecule has 0 aliphatic heterocycles. The Morgan fingerprint density at radius 2 is 2.00 bits per heavy atom. The Morgan fingerprint density at radius 1 is 1.36 bits per heavy atom. The number of benzene rings is 1. The standard InChI is InChI=1S/C11H11F2N/c1-11(2,7-14)6-8-5-9(12)3-4-10(8)13/h3-5H,6H2,1-2H3. The predicted molar refractivity (Wildman–Crippen MR) is 49.5 cm³/mol. The zero-order chi connectivity index (χ0) is 10.8. The molecule has 74 valence electrons. The molecule has 0 N–H and O–H groups in total. The summed E-state index contributed by atoms with van der Waals surface area (Å²) in [5.74, 6) is -0.940. The molecule has 14 heavy (non-hydrogen) atoms. The van der Waals surface area contributed by atoms with E-state index in [9.17, 15) is 8.78 Å². The second kappa shape index (κ2) is 3.75. The molecule has 0 amide bonds. The lowest BCUT2D eigenvalue weighted by atomic mass is 9.87. The van der Waals surface area contributed by atoms with E-state index < -0.39 is 17.0 Å². The monoisotopic (exact) mass is 195 g/mol. The summed E-state index contributed by atoms with van der Waals surface area (Å²) in [5, 5.41) is 8.75. The van der Waals surface area contributed by atoms with Gasteiger partial charge in [0.05, 0.1) is 11.5 Å². The third kappa shape index (κ3) is 2.53. The first-order chi connectivity index (χ1) is 6.44. The largest absolute Gasteiger partial charge is 0.207 e. The minimum Gasteiger partial charge on any atom is -0.207 e. The molecule has 0 bridgehead atoms. The van der Waals surface area contributed by atoms with Gasteiger partial charge in [0.15, 0.2) is 0 Å². The molecule has 0 spiro atoms. The van der Waals surface area contributed by atoms with Gasteiger partial charge in [-0.2, -0.15) is 5.26 Å². The quantitative estimate of drug-likeness (QED) is 0.711. The lowest BCUT2D eigenvalue weighted by Gasteiger charge is -2.15. The number of nitrogens with zero attached hydrogens (tertiary/aromatic N) is 1. The van der Waals surface area contributed by atoms with E-state index in [0.29, 0.717) is 0 Å². The van der Waals surface area contributed by atoms with Crippen molar-refractivity contribution in [2.45, 2.75) is 20.3 Å². The molecule has 0 aliphatic rings. The number of hydrogen-bond donors (Lipinski definition) is 0. The molecule has 3 heteroatoms. The zero-order valence-corrected chi connectivity index (χ0v) is 8.14. The van der Waals surface area contributed by atoms with Crippen LogP contribution in [0.3, 0.4) is 0 Å². The summed E-state index contributed by atoms with van der Waals surface area (Å²) < 4.78 is 25.9. The molecule has 0 heterocycles. The third-order valence-corrected chi connectivity index (χ3v) is 1.94. The molecule has 1 rings (SSSR count). The van der Waals surface area contributed by atoms with Crippen LogP contribution in [0.5, 0.6) is 0 Å². The smallest absolute Gasteiger partial charge is 0.126 e. The second-order valence-corrected chi connectivity index (χ2v) is 3.91. The Hall–Kier alpha value is -1.43. The lowest BCUT2D eigenvalue weighted by molar-refractivity contribution is 0.473. The van der Waals surface area contributed by atoms with Gasteiger partial charge in [0, 0.05) is 0 Å². The fraction of sp³-hybridized carbons (Fsp3) is 0.364. The van der Waals surface area contributed by atoms with E-state index in [4.69, 9.17) is 5.26 Å². The van der Waals surface area contributed by atoms with Crippen molar-refractivity contribution in [3.8, 4) is 6.07 Å². The Bertz CT molecular complexity index is 377. The molecule has 1 aromatic rings. The Labute approximate surface area is 82.0 Å². The molecular formula is C11H11F2N. The van der Waals surface area contributed by atoms with Gasteiger partial charge in [-0.05, 0) is 44.0 Å². The molecule has 0 aromatic heterocycles. The van der Waals surface area contributed by atoms with Crippen LogP contribution < -0.4 is 0 Å². The van der Waals surface area contributed by atoms with Crippen LogP contribution in [0.15, 0.2) is 18.2 Å². The van der Waals surface area contributed by atoms with E-state index in [0.717, 1.165) is 18.2 Å². The van der Waals surface area contributed by atoms with Crippen LogP contribution in [0.4, 0.5) is 8.78 Å². The zero-order valence-electron chi connectivity index (χ0n) is 8.14. The summed E-state index contributed by atoms with van der Waals surface area (Å²) in [6.45, 7) is 3.38. The van der Waals surface area contributed by atoms with E-state index in [1.807, 2.05) is 6.07 Å². The fourth-order valence-electron chi connectivity index (χ4n) is 1.19. The van der Waals surface area contributed by atoms with Gasteiger partial charge in [0.2, 0.25) is 0 Å². The molecule has 1 aromatic carbocycles. The van der Waals surface area contributed by atoms with Gasteiger partial charge in [-0.15, -0.1) is 0 Å². The van der Waals surface area contributed by atoms with Crippen molar-refractivity contribution in [1.82, 2.24) is 0 Å². The summed E-state index contributed by atoms with van der Waals surface area (Å²) in [6.07, 6.45) is 0.215. The van der Waals surface area contributed by atoms with Crippen molar-refractivity contribution in [3.63, 3.8) is 0 Å². The van der Waals surface area contributed by atoms with Crippen LogP contribution >= 0.6 is 0 Å². The first-order valence-corrected chi connectivity index (χ1v) is 4.30. The first-order valence-electron chi connectivity index (χ1n) is 4.30. The number of hydrogen-bond acceptors (Lipinski definition) is 1. The van der Waals surface area contributed by atoms with Gasteiger partial charge in [-0.3, -0.25) is 0 Å². The van der Waals surface area contributed by atoms with Crippen molar-refractivity contribution in [2.75, 3.05) is 0 Å². The van der Waals surface area contributed by atoms with E-state index in [1.165, 1.54) is 0 Å². The average molecular weight is 195 g/mol. The molecule has 0 saturated heterocycles. The van der Waals surface area contributed by atoms with Gasteiger partial charge in [0.25, 0.3) is 0 Å². The Morgan fingerprint density at radius 3 is 2.57 bits per heavy atom. The van der Waals surface area contributed by atoms with E-state index >= 15 is 0 Å². The topological polar surface area (TPSA) is 23.8 Å². The summed E-state index contributed by atoms with van der Waals surface area (Å²) in [4.78, 5) is 0. The van der Waals surface area contributed by atoms with Crippen molar-refractivity contribution < 1.29 is 8.78 Å². The molecule has 0 fully saturated rings. The number of nitriles is 1. The van der Waals surface area contributed by atoms with Crippen LogP contribution in [0, 0.1) is 28.4 Å². The maximum atomic E-state index is 13.2. The van der Waals surface area contributed by atoms with Crippen molar-refractivity contribution in [2.24, 2.45) is 5.41 Å². The molecule has 0 aliphatic carbocycles. The van der Waals surface area contributed by atoms with E-state index in [2.05, 4.69) is 0 Å². The SMILES string of the molecule is CC(C)(C#N)Cc1cc(F)ccc1F. The van der Waals surface area contributed by atoms with Crippen LogP contribution in [0.25, 0.3) is 0 Å². The lowest BCUT2D eigenvalue weighted by Crippen LogP contribution is -2.13. The predicted octanol–water partition coefficient (Wildman–Crippen LogP) is 3.06. The summed E-state index contributed by atoms with van der Waals surface area (Å²) >= 11 is 0. The second-order valence-electron chi connectivity index (χ2n) is 3.91. The van der Waals surface area contributed by atoms with Gasteiger partial charge >= 0.3 is 0 Å². The van der Waals surface area contributed by atoms with Crippen LogP contribution in [0.1, 0.15) is 19.4 Å².